The molecular weight excluding hydrogens is 529 g/mol. The molecule has 240 valence electrons. The Balaban J connectivity index is 3.55. The molecule has 0 fully saturated rings. The zero-order valence-corrected chi connectivity index (χ0v) is 27.5. The van der Waals surface area contributed by atoms with Gasteiger partial charge in [-0.3, -0.25) is 13.8 Å². The van der Waals surface area contributed by atoms with E-state index in [1.807, 2.05) is 21.1 Å². The van der Waals surface area contributed by atoms with Gasteiger partial charge in [0.25, 0.3) is 0 Å². The molecule has 0 heterocycles. The second kappa shape index (κ2) is 26.2. The Labute approximate surface area is 246 Å². The van der Waals surface area contributed by atoms with Gasteiger partial charge in [0.05, 0.1) is 34.4 Å². The van der Waals surface area contributed by atoms with E-state index in [0.717, 1.165) is 19.3 Å². The fourth-order valence-corrected chi connectivity index (χ4v) is 5.28. The molecule has 0 aliphatic rings. The third kappa shape index (κ3) is 29.0. The summed E-state index contributed by atoms with van der Waals surface area (Å²) in [6, 6.07) is 0. The van der Waals surface area contributed by atoms with Crippen molar-refractivity contribution in [1.29, 1.82) is 0 Å². The van der Waals surface area contributed by atoms with Crippen molar-refractivity contribution >= 4 is 13.8 Å². The zero-order valence-electron chi connectivity index (χ0n) is 26.6. The number of quaternary nitrogens is 1. The lowest BCUT2D eigenvalue weighted by Crippen LogP contribution is -2.37. The molecule has 0 rings (SSSR count). The van der Waals surface area contributed by atoms with Gasteiger partial charge in [-0.2, -0.15) is 0 Å². The minimum Gasteiger partial charge on any atom is -0.457 e. The number of hydrogen-bond donors (Lipinski definition) is 2. The van der Waals surface area contributed by atoms with Crippen LogP contribution in [0.25, 0.3) is 0 Å². The molecule has 0 amide bonds. The van der Waals surface area contributed by atoms with Gasteiger partial charge in [-0.15, -0.1) is 0 Å². The van der Waals surface area contributed by atoms with Crippen LogP contribution in [0.3, 0.4) is 0 Å². The summed E-state index contributed by atoms with van der Waals surface area (Å²) < 4.78 is 27.5. The van der Waals surface area contributed by atoms with E-state index in [4.69, 9.17) is 13.8 Å². The van der Waals surface area contributed by atoms with Crippen LogP contribution in [0.15, 0.2) is 0 Å². The van der Waals surface area contributed by atoms with Crippen molar-refractivity contribution in [2.45, 2.75) is 148 Å². The van der Waals surface area contributed by atoms with Gasteiger partial charge in [-0.05, 0) is 6.42 Å². The summed E-state index contributed by atoms with van der Waals surface area (Å²) in [7, 11) is 1.56. The third-order valence-electron chi connectivity index (χ3n) is 7.18. The first-order valence-corrected chi connectivity index (χ1v) is 17.8. The first-order chi connectivity index (χ1) is 19.1. The Morgan fingerprint density at radius 1 is 0.700 bits per heavy atom. The highest BCUT2D eigenvalue weighted by molar-refractivity contribution is 7.47. The summed E-state index contributed by atoms with van der Waals surface area (Å²) in [5.41, 5.74) is 0. The highest BCUT2D eigenvalue weighted by atomic mass is 31.2. The fourth-order valence-electron chi connectivity index (χ4n) is 4.54. The summed E-state index contributed by atoms with van der Waals surface area (Å²) in [6.45, 7) is 1.99. The predicted octanol–water partition coefficient (Wildman–Crippen LogP) is 7.94. The number of esters is 1. The van der Waals surface area contributed by atoms with Gasteiger partial charge < -0.3 is 19.2 Å². The van der Waals surface area contributed by atoms with E-state index in [0.29, 0.717) is 11.0 Å². The molecule has 0 aromatic rings. The molecule has 0 bridgehead atoms. The molecule has 0 aliphatic carbocycles. The number of phosphoric ester groups is 1. The number of likely N-dealkylation sites (N-methyl/N-ethyl adjacent to an activating group) is 1. The lowest BCUT2D eigenvalue weighted by Gasteiger charge is -2.24. The van der Waals surface area contributed by atoms with E-state index in [9.17, 15) is 19.4 Å². The molecule has 2 N–H and O–H groups in total. The van der Waals surface area contributed by atoms with E-state index < -0.39 is 26.5 Å². The largest absolute Gasteiger partial charge is 0.472 e. The number of carbonyl (C=O) groups is 1. The Morgan fingerprint density at radius 3 is 1.48 bits per heavy atom. The first-order valence-electron chi connectivity index (χ1n) is 16.3. The number of rotatable bonds is 30. The van der Waals surface area contributed by atoms with Crippen LogP contribution in [-0.2, 0) is 23.1 Å². The number of hydrogen-bond acceptors (Lipinski definition) is 6. The van der Waals surface area contributed by atoms with Crippen LogP contribution in [0.5, 0.6) is 0 Å². The molecule has 40 heavy (non-hydrogen) atoms. The smallest absolute Gasteiger partial charge is 0.457 e. The van der Waals surface area contributed by atoms with Crippen LogP contribution < -0.4 is 0 Å². The molecular formula is C31H65NO7P+. The number of carbonyl (C=O) groups excluding carboxylic acids is 1. The topological polar surface area (TPSA) is 102 Å². The zero-order chi connectivity index (χ0) is 30.0. The molecule has 2 atom stereocenters. The fraction of sp³-hybridized carbons (Fsp3) is 0.968. The Kier molecular flexibility index (Phi) is 25.8. The van der Waals surface area contributed by atoms with Crippen molar-refractivity contribution in [2.24, 2.45) is 0 Å². The van der Waals surface area contributed by atoms with Crippen LogP contribution in [0.4, 0.5) is 0 Å². The van der Waals surface area contributed by atoms with Crippen molar-refractivity contribution in [2.75, 3.05) is 47.5 Å². The van der Waals surface area contributed by atoms with Gasteiger partial charge in [-0.1, -0.05) is 129 Å². The summed E-state index contributed by atoms with van der Waals surface area (Å²) in [4.78, 5) is 21.8. The van der Waals surface area contributed by atoms with E-state index in [1.165, 1.54) is 109 Å². The monoisotopic (exact) mass is 594 g/mol. The maximum atomic E-state index is 12.1. The van der Waals surface area contributed by atoms with Gasteiger partial charge >= 0.3 is 13.8 Å². The minimum absolute atomic E-state index is 0.0559. The first kappa shape index (κ1) is 39.5. The number of aliphatic hydroxyl groups is 1. The molecule has 0 saturated heterocycles. The van der Waals surface area contributed by atoms with Crippen LogP contribution in [0.2, 0.25) is 0 Å². The average Bonchev–Trinajstić information content (AvgIpc) is 2.89. The molecule has 0 spiro atoms. The van der Waals surface area contributed by atoms with E-state index in [2.05, 4.69) is 6.92 Å². The van der Waals surface area contributed by atoms with Crippen LogP contribution in [0, 0.1) is 0 Å². The van der Waals surface area contributed by atoms with Crippen molar-refractivity contribution in [3.63, 3.8) is 0 Å². The minimum atomic E-state index is -4.26. The molecule has 0 aromatic heterocycles. The maximum Gasteiger partial charge on any atom is 0.472 e. The van der Waals surface area contributed by atoms with Crippen molar-refractivity contribution in [3.8, 4) is 0 Å². The van der Waals surface area contributed by atoms with Crippen molar-refractivity contribution in [3.05, 3.63) is 0 Å². The Bertz CT molecular complexity index is 627. The molecule has 0 saturated carbocycles. The quantitative estimate of drug-likeness (QED) is 0.0377. The van der Waals surface area contributed by atoms with Gasteiger partial charge in [0.2, 0.25) is 0 Å². The molecule has 0 aromatic carbocycles. The van der Waals surface area contributed by atoms with Gasteiger partial charge in [0, 0.05) is 6.42 Å². The number of unbranched alkanes of at least 4 members (excludes halogenated alkanes) is 19. The maximum absolute atomic E-state index is 12.1. The third-order valence-corrected chi connectivity index (χ3v) is 8.16. The summed E-state index contributed by atoms with van der Waals surface area (Å²) >= 11 is 0. The molecule has 0 aliphatic heterocycles. The second-order valence-electron chi connectivity index (χ2n) is 12.4. The highest BCUT2D eigenvalue weighted by Gasteiger charge is 2.25. The predicted molar refractivity (Wildman–Crippen MR) is 164 cm³/mol. The van der Waals surface area contributed by atoms with Crippen LogP contribution in [0.1, 0.15) is 142 Å². The second-order valence-corrected chi connectivity index (χ2v) is 13.8. The van der Waals surface area contributed by atoms with Crippen molar-refractivity contribution in [1.82, 2.24) is 0 Å². The number of phosphoric acid groups is 1. The summed E-state index contributed by atoms with van der Waals surface area (Å²) in [5, 5.41) is 9.42. The SMILES string of the molecule is CCCCCCCCCCCCCCCCCCCCCCC(=O)O[C@@H](CO)COP(=O)(O)OCC[N+](C)(C)C. The van der Waals surface area contributed by atoms with Gasteiger partial charge in [-0.25, -0.2) is 4.57 Å². The van der Waals surface area contributed by atoms with Crippen molar-refractivity contribution < 1.29 is 37.6 Å². The molecule has 8 nitrogen and oxygen atoms in total. The van der Waals surface area contributed by atoms with Gasteiger partial charge in [0.15, 0.2) is 0 Å². The lowest BCUT2D eigenvalue weighted by molar-refractivity contribution is -0.870. The van der Waals surface area contributed by atoms with E-state index in [1.54, 1.807) is 0 Å². The number of aliphatic hydroxyl groups excluding tert-OH is 1. The van der Waals surface area contributed by atoms with Gasteiger partial charge in [0.1, 0.15) is 19.3 Å². The Morgan fingerprint density at radius 2 is 1.10 bits per heavy atom. The lowest BCUT2D eigenvalue weighted by atomic mass is 10.0. The summed E-state index contributed by atoms with van der Waals surface area (Å²) in [6.07, 6.45) is 25.4. The normalized spacial score (nSPS) is 14.2. The van der Waals surface area contributed by atoms with Crippen LogP contribution in [-0.4, -0.2) is 74.1 Å². The number of nitrogens with zero attached hydrogens (tertiary/aromatic N) is 1. The molecule has 1 unspecified atom stereocenters. The van der Waals surface area contributed by atoms with Crippen LogP contribution >= 0.6 is 7.82 Å². The Hall–Kier alpha value is -0.500. The number of ether oxygens (including phenoxy) is 1. The summed E-state index contributed by atoms with van der Waals surface area (Å²) in [5.74, 6) is -0.427. The standard InChI is InChI=1S/C31H64NO7P/c1-5-6-7-8-9-10-11-12-13-14-15-16-17-18-19-20-21-22-23-24-25-31(34)39-30(28-33)29-38-40(35,36)37-27-26-32(2,3)4/h30,33H,5-29H2,1-4H3/p+1/t30-/m0/s1. The van der Waals surface area contributed by atoms with E-state index in [-0.39, 0.29) is 19.6 Å². The average molecular weight is 595 g/mol. The molecule has 9 heteroatoms. The highest BCUT2D eigenvalue weighted by Crippen LogP contribution is 2.43. The van der Waals surface area contributed by atoms with E-state index >= 15 is 0 Å². The molecule has 0 radical (unpaired) electrons.